The van der Waals surface area contributed by atoms with Gasteiger partial charge in [-0.2, -0.15) is 0 Å². The molecular weight excluding hydrogens is 443 g/mol. The molecule has 0 aliphatic heterocycles. The lowest BCUT2D eigenvalue weighted by Gasteiger charge is -2.10. The maximum Gasteiger partial charge on any atom is 0.238 e. The Labute approximate surface area is 186 Å². The fraction of sp³-hybridized carbons (Fsp3) is 0.182. The largest absolute Gasteiger partial charge is 0.489 e. The van der Waals surface area contributed by atoms with Gasteiger partial charge in [-0.05, 0) is 60.5 Å². The van der Waals surface area contributed by atoms with Crippen LogP contribution in [0.2, 0.25) is 10.0 Å². The molecule has 0 unspecified atom stereocenters. The van der Waals surface area contributed by atoms with E-state index in [0.717, 1.165) is 35.4 Å². The molecule has 30 heavy (non-hydrogen) atoms. The van der Waals surface area contributed by atoms with E-state index in [-0.39, 0.29) is 4.90 Å². The van der Waals surface area contributed by atoms with Crippen molar-refractivity contribution in [3.05, 3.63) is 93.5 Å². The van der Waals surface area contributed by atoms with Crippen LogP contribution in [0, 0.1) is 0 Å². The summed E-state index contributed by atoms with van der Waals surface area (Å²) in [7, 11) is -3.65. The van der Waals surface area contributed by atoms with Gasteiger partial charge >= 0.3 is 0 Å². The Bertz CT molecular complexity index is 1070. The van der Waals surface area contributed by atoms with Crippen molar-refractivity contribution in [3.63, 3.8) is 0 Å². The van der Waals surface area contributed by atoms with Crippen LogP contribution in [-0.4, -0.2) is 15.0 Å². The Hall–Kier alpha value is -2.09. The summed E-state index contributed by atoms with van der Waals surface area (Å²) in [6.07, 6.45) is 0.782. The van der Waals surface area contributed by atoms with Gasteiger partial charge in [0.25, 0.3) is 0 Å². The molecule has 3 rings (SSSR count). The predicted molar refractivity (Wildman–Crippen MR) is 120 cm³/mol. The highest BCUT2D eigenvalue weighted by molar-refractivity contribution is 7.89. The zero-order valence-electron chi connectivity index (χ0n) is 16.1. The molecule has 8 heteroatoms. The van der Waals surface area contributed by atoms with Crippen molar-refractivity contribution in [3.8, 4) is 5.75 Å². The number of ether oxygens (including phenoxy) is 1. The van der Waals surface area contributed by atoms with Crippen LogP contribution in [-0.2, 0) is 29.6 Å². The molecule has 3 aromatic carbocycles. The minimum Gasteiger partial charge on any atom is -0.489 e. The van der Waals surface area contributed by atoms with Gasteiger partial charge in [-0.3, -0.25) is 0 Å². The van der Waals surface area contributed by atoms with Gasteiger partial charge in [-0.15, -0.1) is 0 Å². The third-order valence-electron chi connectivity index (χ3n) is 4.54. The summed E-state index contributed by atoms with van der Waals surface area (Å²) in [6.45, 7) is 1.78. The van der Waals surface area contributed by atoms with E-state index in [1.54, 1.807) is 30.3 Å². The van der Waals surface area contributed by atoms with Crippen molar-refractivity contribution in [1.29, 1.82) is 0 Å². The molecule has 0 amide bonds. The van der Waals surface area contributed by atoms with E-state index >= 15 is 0 Å². The van der Waals surface area contributed by atoms with E-state index in [1.807, 2.05) is 24.3 Å². The normalized spacial score (nSPS) is 11.4. The first-order valence-electron chi connectivity index (χ1n) is 9.30. The smallest absolute Gasteiger partial charge is 0.238 e. The standard InChI is InChI=1S/C22H22Cl2N2O3S/c23-21-2-1-3-22(24)20(21)15-29-18-8-4-17(5-9-18)14-26-13-12-16-6-10-19(11-7-16)30(25,27)28/h1-11,26H,12-15H2,(H2,25,27,28). The van der Waals surface area contributed by atoms with Crippen LogP contribution in [0.25, 0.3) is 0 Å². The molecule has 0 bridgehead atoms. The average Bonchev–Trinajstić information content (AvgIpc) is 2.71. The Morgan fingerprint density at radius 2 is 1.47 bits per heavy atom. The molecule has 3 aromatic rings. The van der Waals surface area contributed by atoms with Gasteiger partial charge in [0.1, 0.15) is 12.4 Å². The summed E-state index contributed by atoms with van der Waals surface area (Å²) in [4.78, 5) is 0.123. The van der Waals surface area contributed by atoms with Crippen molar-refractivity contribution in [2.24, 2.45) is 5.14 Å². The highest BCUT2D eigenvalue weighted by atomic mass is 35.5. The summed E-state index contributed by atoms with van der Waals surface area (Å²) >= 11 is 12.3. The molecule has 0 fully saturated rings. The van der Waals surface area contributed by atoms with Crippen molar-refractivity contribution in [2.45, 2.75) is 24.5 Å². The molecule has 5 nitrogen and oxygen atoms in total. The Balaban J connectivity index is 1.43. The number of benzene rings is 3. The molecule has 158 valence electrons. The second-order valence-corrected chi connectivity index (χ2v) is 9.12. The van der Waals surface area contributed by atoms with Crippen LogP contribution in [0.15, 0.2) is 71.6 Å². The van der Waals surface area contributed by atoms with Gasteiger partial charge in [0.05, 0.1) is 4.90 Å². The molecule has 0 heterocycles. The van der Waals surface area contributed by atoms with Gasteiger partial charge in [0.2, 0.25) is 10.0 Å². The lowest BCUT2D eigenvalue weighted by molar-refractivity contribution is 0.306. The summed E-state index contributed by atoms with van der Waals surface area (Å²) in [6, 6.07) is 19.8. The molecule has 3 N–H and O–H groups in total. The van der Waals surface area contributed by atoms with E-state index in [4.69, 9.17) is 33.1 Å². The number of halogens is 2. The summed E-state index contributed by atoms with van der Waals surface area (Å²) in [5, 5.41) is 9.64. The second kappa shape index (κ2) is 10.3. The number of hydrogen-bond donors (Lipinski definition) is 2. The minimum atomic E-state index is -3.65. The van der Waals surface area contributed by atoms with E-state index in [2.05, 4.69) is 5.32 Å². The van der Waals surface area contributed by atoms with Gasteiger partial charge < -0.3 is 10.1 Å². The first-order chi connectivity index (χ1) is 14.3. The molecule has 0 aliphatic rings. The maximum atomic E-state index is 11.3. The molecule has 0 radical (unpaired) electrons. The highest BCUT2D eigenvalue weighted by Gasteiger charge is 2.07. The number of primary sulfonamides is 1. The summed E-state index contributed by atoms with van der Waals surface area (Å²) in [5.41, 5.74) is 2.93. The van der Waals surface area contributed by atoms with Gasteiger partial charge in [-0.25, -0.2) is 13.6 Å². The molecule has 0 spiro atoms. The number of hydrogen-bond acceptors (Lipinski definition) is 4. The SMILES string of the molecule is NS(=O)(=O)c1ccc(CCNCc2ccc(OCc3c(Cl)cccc3Cl)cc2)cc1. The molecule has 0 saturated carbocycles. The number of nitrogens with one attached hydrogen (secondary N) is 1. The van der Waals surface area contributed by atoms with Crippen molar-refractivity contribution in [1.82, 2.24) is 5.32 Å². The third-order valence-corrected chi connectivity index (χ3v) is 6.18. The number of sulfonamides is 1. The van der Waals surface area contributed by atoms with Crippen LogP contribution >= 0.6 is 23.2 Å². The Kier molecular flexibility index (Phi) is 7.75. The van der Waals surface area contributed by atoms with Crippen LogP contribution in [0.5, 0.6) is 5.75 Å². The van der Waals surface area contributed by atoms with E-state index in [1.165, 1.54) is 12.1 Å². The van der Waals surface area contributed by atoms with Crippen molar-refractivity contribution in [2.75, 3.05) is 6.54 Å². The van der Waals surface area contributed by atoms with Gasteiger partial charge in [0, 0.05) is 22.2 Å². The summed E-state index contributed by atoms with van der Waals surface area (Å²) in [5.74, 6) is 0.740. The van der Waals surface area contributed by atoms with Crippen LogP contribution in [0.1, 0.15) is 16.7 Å². The van der Waals surface area contributed by atoms with Gasteiger partial charge in [0.15, 0.2) is 0 Å². The topological polar surface area (TPSA) is 81.4 Å². The van der Waals surface area contributed by atoms with Crippen LogP contribution in [0.4, 0.5) is 0 Å². The van der Waals surface area contributed by atoms with Gasteiger partial charge in [-0.1, -0.05) is 53.5 Å². The fourth-order valence-corrected chi connectivity index (χ4v) is 3.86. The van der Waals surface area contributed by atoms with Crippen molar-refractivity contribution >= 4 is 33.2 Å². The molecular formula is C22H22Cl2N2O3S. The first kappa shape index (κ1) is 22.6. The quantitative estimate of drug-likeness (QED) is 0.455. The van der Waals surface area contributed by atoms with E-state index < -0.39 is 10.0 Å². The van der Waals surface area contributed by atoms with Crippen LogP contribution < -0.4 is 15.2 Å². The zero-order valence-corrected chi connectivity index (χ0v) is 18.5. The maximum absolute atomic E-state index is 11.3. The Morgan fingerprint density at radius 1 is 0.867 bits per heavy atom. The van der Waals surface area contributed by atoms with E-state index in [9.17, 15) is 8.42 Å². The van der Waals surface area contributed by atoms with Crippen molar-refractivity contribution < 1.29 is 13.2 Å². The minimum absolute atomic E-state index is 0.123. The monoisotopic (exact) mass is 464 g/mol. The van der Waals surface area contributed by atoms with E-state index in [0.29, 0.717) is 23.2 Å². The third kappa shape index (κ3) is 6.45. The lowest BCUT2D eigenvalue weighted by atomic mass is 10.1. The van der Waals surface area contributed by atoms with Crippen LogP contribution in [0.3, 0.4) is 0 Å². The second-order valence-electron chi connectivity index (χ2n) is 6.75. The highest BCUT2D eigenvalue weighted by Crippen LogP contribution is 2.26. The molecule has 0 saturated heterocycles. The average molecular weight is 465 g/mol. The number of rotatable bonds is 9. The summed E-state index contributed by atoms with van der Waals surface area (Å²) < 4.78 is 28.3. The lowest BCUT2D eigenvalue weighted by Crippen LogP contribution is -2.17. The molecule has 0 aliphatic carbocycles. The fourth-order valence-electron chi connectivity index (χ4n) is 2.84. The molecule has 0 atom stereocenters. The Morgan fingerprint density at radius 3 is 2.07 bits per heavy atom. The number of nitrogens with two attached hydrogens (primary N) is 1. The predicted octanol–water partition coefficient (Wildman–Crippen LogP) is 4.55. The zero-order chi connectivity index (χ0) is 21.6. The first-order valence-corrected chi connectivity index (χ1v) is 11.6. The molecule has 0 aromatic heterocycles.